The average molecular weight is 555 g/mol. The highest BCUT2D eigenvalue weighted by Crippen LogP contribution is 2.19. The third-order valence-corrected chi connectivity index (χ3v) is 5.06. The Hall–Kier alpha value is -2.54. The normalized spacial score (nSPS) is 15.7. The third-order valence-electron chi connectivity index (χ3n) is 5.06. The van der Waals surface area contributed by atoms with E-state index in [9.17, 15) is 4.39 Å². The van der Waals surface area contributed by atoms with Gasteiger partial charge in [-0.3, -0.25) is 4.99 Å². The Morgan fingerprint density at radius 1 is 1.31 bits per heavy atom. The van der Waals surface area contributed by atoms with E-state index in [1.807, 2.05) is 4.68 Å². The van der Waals surface area contributed by atoms with Crippen molar-refractivity contribution in [1.29, 1.82) is 0 Å². The first-order chi connectivity index (χ1) is 15.1. The number of nitrogens with one attached hydrogen (secondary N) is 2. The maximum Gasteiger partial charge on any atom is 0.226 e. The molecule has 0 saturated carbocycles. The van der Waals surface area contributed by atoms with Crippen molar-refractivity contribution in [1.82, 2.24) is 30.4 Å². The Morgan fingerprint density at radius 3 is 2.88 bits per heavy atom. The second kappa shape index (κ2) is 11.4. The molecule has 0 amide bonds. The van der Waals surface area contributed by atoms with Gasteiger partial charge in [0.1, 0.15) is 24.5 Å². The lowest BCUT2D eigenvalue weighted by atomic mass is 10.1. The third kappa shape index (κ3) is 6.03. The van der Waals surface area contributed by atoms with Crippen LogP contribution in [0.4, 0.5) is 4.39 Å². The molecule has 11 heteroatoms. The van der Waals surface area contributed by atoms with Gasteiger partial charge in [-0.15, -0.1) is 24.0 Å². The molecule has 2 N–H and O–H groups in total. The van der Waals surface area contributed by atoms with E-state index in [1.54, 1.807) is 32.6 Å². The molecule has 9 nitrogen and oxygen atoms in total. The van der Waals surface area contributed by atoms with Gasteiger partial charge in [0.2, 0.25) is 5.89 Å². The van der Waals surface area contributed by atoms with Crippen molar-refractivity contribution < 1.29 is 13.5 Å². The predicted octanol–water partition coefficient (Wildman–Crippen LogP) is 2.56. The topological polar surface area (TPSA) is 102 Å². The predicted molar refractivity (Wildman–Crippen MR) is 128 cm³/mol. The number of aryl methyl sites for hydroxylation is 1. The van der Waals surface area contributed by atoms with Crippen molar-refractivity contribution in [3.05, 3.63) is 53.7 Å². The van der Waals surface area contributed by atoms with Gasteiger partial charge in [-0.25, -0.2) is 19.0 Å². The van der Waals surface area contributed by atoms with Crippen LogP contribution in [0, 0.1) is 5.82 Å². The van der Waals surface area contributed by atoms with Crippen LogP contribution in [0.5, 0.6) is 0 Å². The Labute approximate surface area is 202 Å². The SMILES string of the molecule is CN=C(NCCc1coc(-c2ccc(F)cc2)n1)NC1CCc2nc(COC)nn2C1.I. The van der Waals surface area contributed by atoms with E-state index in [0.717, 1.165) is 42.4 Å². The van der Waals surface area contributed by atoms with Crippen LogP contribution < -0.4 is 10.6 Å². The molecule has 1 aromatic carbocycles. The first kappa shape index (κ1) is 24.1. The molecule has 1 aliphatic heterocycles. The lowest BCUT2D eigenvalue weighted by Crippen LogP contribution is -2.47. The Bertz CT molecular complexity index is 1040. The van der Waals surface area contributed by atoms with Crippen molar-refractivity contribution in [2.24, 2.45) is 4.99 Å². The molecule has 1 aliphatic rings. The van der Waals surface area contributed by atoms with Gasteiger partial charge < -0.3 is 19.8 Å². The number of hydrogen-bond donors (Lipinski definition) is 2. The van der Waals surface area contributed by atoms with Crippen LogP contribution >= 0.6 is 24.0 Å². The molecule has 3 aromatic rings. The number of guanidine groups is 1. The number of benzene rings is 1. The number of oxazole rings is 1. The van der Waals surface area contributed by atoms with Gasteiger partial charge in [-0.2, -0.15) is 5.10 Å². The Morgan fingerprint density at radius 2 is 2.12 bits per heavy atom. The maximum absolute atomic E-state index is 13.1. The van der Waals surface area contributed by atoms with Crippen LogP contribution in [0.2, 0.25) is 0 Å². The van der Waals surface area contributed by atoms with E-state index in [0.29, 0.717) is 31.3 Å². The minimum atomic E-state index is -0.285. The summed E-state index contributed by atoms with van der Waals surface area (Å²) in [6, 6.07) is 6.30. The second-order valence-electron chi connectivity index (χ2n) is 7.34. The van der Waals surface area contributed by atoms with Crippen LogP contribution in [-0.4, -0.2) is 52.5 Å². The summed E-state index contributed by atoms with van der Waals surface area (Å²) in [6.45, 7) is 1.80. The molecule has 2 aromatic heterocycles. The molecule has 0 bridgehead atoms. The summed E-state index contributed by atoms with van der Waals surface area (Å²) < 4.78 is 25.6. The molecule has 0 radical (unpaired) electrons. The van der Waals surface area contributed by atoms with Crippen LogP contribution in [0.1, 0.15) is 23.8 Å². The van der Waals surface area contributed by atoms with Crippen molar-refractivity contribution in [3.8, 4) is 11.5 Å². The molecule has 1 unspecified atom stereocenters. The summed E-state index contributed by atoms with van der Waals surface area (Å²) in [7, 11) is 3.39. The molecule has 32 heavy (non-hydrogen) atoms. The van der Waals surface area contributed by atoms with Gasteiger partial charge in [0.05, 0.1) is 12.2 Å². The summed E-state index contributed by atoms with van der Waals surface area (Å²) in [5, 5.41) is 11.3. The first-order valence-electron chi connectivity index (χ1n) is 10.2. The number of fused-ring (bicyclic) bond motifs is 1. The smallest absolute Gasteiger partial charge is 0.226 e. The zero-order chi connectivity index (χ0) is 21.6. The zero-order valence-electron chi connectivity index (χ0n) is 18.0. The van der Waals surface area contributed by atoms with Crippen molar-refractivity contribution in [2.45, 2.75) is 38.5 Å². The molecule has 4 rings (SSSR count). The summed E-state index contributed by atoms with van der Waals surface area (Å²) in [6.07, 6.45) is 4.11. The fourth-order valence-electron chi connectivity index (χ4n) is 3.51. The minimum Gasteiger partial charge on any atom is -0.444 e. The van der Waals surface area contributed by atoms with Gasteiger partial charge in [0, 0.05) is 45.1 Å². The molecule has 172 valence electrons. The van der Waals surface area contributed by atoms with Gasteiger partial charge in [0.25, 0.3) is 0 Å². The van der Waals surface area contributed by atoms with E-state index in [2.05, 4.69) is 30.7 Å². The van der Waals surface area contributed by atoms with E-state index in [-0.39, 0.29) is 35.8 Å². The number of nitrogens with zero attached hydrogens (tertiary/aromatic N) is 5. The van der Waals surface area contributed by atoms with Gasteiger partial charge in [-0.05, 0) is 30.7 Å². The number of methoxy groups -OCH3 is 1. The first-order valence-corrected chi connectivity index (χ1v) is 10.2. The average Bonchev–Trinajstić information content (AvgIpc) is 3.40. The molecule has 0 spiro atoms. The van der Waals surface area contributed by atoms with Crippen molar-refractivity contribution in [2.75, 3.05) is 20.7 Å². The molecule has 3 heterocycles. The van der Waals surface area contributed by atoms with Gasteiger partial charge in [-0.1, -0.05) is 0 Å². The fraction of sp³-hybridized carbons (Fsp3) is 0.429. The van der Waals surface area contributed by atoms with Crippen LogP contribution in [-0.2, 0) is 30.7 Å². The monoisotopic (exact) mass is 555 g/mol. The van der Waals surface area contributed by atoms with E-state index >= 15 is 0 Å². The summed E-state index contributed by atoms with van der Waals surface area (Å²) in [5.41, 5.74) is 1.56. The Balaban J connectivity index is 0.00000289. The summed E-state index contributed by atoms with van der Waals surface area (Å²) in [4.78, 5) is 13.3. The highest BCUT2D eigenvalue weighted by molar-refractivity contribution is 14.0. The second-order valence-corrected chi connectivity index (χ2v) is 7.34. The molecule has 0 fully saturated rings. The van der Waals surface area contributed by atoms with E-state index in [1.165, 1.54) is 12.1 Å². The molecule has 1 atom stereocenters. The number of hydrogen-bond acceptors (Lipinski definition) is 6. The van der Waals surface area contributed by atoms with E-state index < -0.39 is 0 Å². The zero-order valence-corrected chi connectivity index (χ0v) is 20.4. The lowest BCUT2D eigenvalue weighted by Gasteiger charge is -2.25. The van der Waals surface area contributed by atoms with E-state index in [4.69, 9.17) is 9.15 Å². The standard InChI is InChI=1S/C21H26FN7O2.HI/c1-23-21(26-16-7-8-19-27-18(13-30-2)28-29(19)11-16)24-10-9-17-12-31-20(25-17)14-3-5-15(22)6-4-14;/h3-6,12,16H,7-11,13H2,1-2H3,(H2,23,24,26);1H. The lowest BCUT2D eigenvalue weighted by molar-refractivity contribution is 0.177. The van der Waals surface area contributed by atoms with Crippen molar-refractivity contribution in [3.63, 3.8) is 0 Å². The van der Waals surface area contributed by atoms with Crippen molar-refractivity contribution >= 4 is 29.9 Å². The molecule has 0 saturated heterocycles. The highest BCUT2D eigenvalue weighted by atomic mass is 127. The Kier molecular flexibility index (Phi) is 8.56. The summed E-state index contributed by atoms with van der Waals surface area (Å²) in [5.74, 6) is 2.64. The maximum atomic E-state index is 13.1. The molecular formula is C21H27FIN7O2. The molecule has 0 aliphatic carbocycles. The highest BCUT2D eigenvalue weighted by Gasteiger charge is 2.22. The largest absolute Gasteiger partial charge is 0.444 e. The van der Waals surface area contributed by atoms with Crippen LogP contribution in [0.3, 0.4) is 0 Å². The van der Waals surface area contributed by atoms with Gasteiger partial charge >= 0.3 is 0 Å². The molecular weight excluding hydrogens is 528 g/mol. The number of ether oxygens (including phenoxy) is 1. The fourth-order valence-corrected chi connectivity index (χ4v) is 3.51. The van der Waals surface area contributed by atoms with Gasteiger partial charge in [0.15, 0.2) is 11.8 Å². The number of rotatable bonds is 7. The van der Waals surface area contributed by atoms with Crippen LogP contribution in [0.25, 0.3) is 11.5 Å². The van der Waals surface area contributed by atoms with Crippen LogP contribution in [0.15, 0.2) is 39.9 Å². The summed E-state index contributed by atoms with van der Waals surface area (Å²) >= 11 is 0. The minimum absolute atomic E-state index is 0. The quantitative estimate of drug-likeness (QED) is 0.263. The number of halogens is 2. The number of aliphatic imine (C=N–C) groups is 1. The number of aromatic nitrogens is 4.